The second kappa shape index (κ2) is 6.37. The van der Waals surface area contributed by atoms with Crippen LogP contribution in [0.25, 0.3) is 0 Å². The van der Waals surface area contributed by atoms with Gasteiger partial charge in [0, 0.05) is 11.7 Å². The lowest BCUT2D eigenvalue weighted by Crippen LogP contribution is -2.23. The van der Waals surface area contributed by atoms with Gasteiger partial charge in [-0.2, -0.15) is 13.2 Å². The van der Waals surface area contributed by atoms with Gasteiger partial charge >= 0.3 is 6.18 Å². The van der Waals surface area contributed by atoms with Gasteiger partial charge in [-0.05, 0) is 49.9 Å². The van der Waals surface area contributed by atoms with Crippen LogP contribution in [0.4, 0.5) is 18.9 Å². The maximum absolute atomic E-state index is 12.0. The van der Waals surface area contributed by atoms with E-state index in [9.17, 15) is 13.2 Å². The van der Waals surface area contributed by atoms with Crippen LogP contribution in [0.5, 0.6) is 5.75 Å². The lowest BCUT2D eigenvalue weighted by atomic mass is 9.99. The monoisotopic (exact) mass is 287 g/mol. The Morgan fingerprint density at radius 1 is 1.20 bits per heavy atom. The van der Waals surface area contributed by atoms with Gasteiger partial charge in [0.15, 0.2) is 6.61 Å². The first kappa shape index (κ1) is 15.0. The molecule has 0 radical (unpaired) electrons. The molecule has 0 amide bonds. The van der Waals surface area contributed by atoms with E-state index in [-0.39, 0.29) is 5.75 Å². The summed E-state index contributed by atoms with van der Waals surface area (Å²) in [5.74, 6) is 0.928. The van der Waals surface area contributed by atoms with Crippen molar-refractivity contribution in [3.05, 3.63) is 24.3 Å². The van der Waals surface area contributed by atoms with Crippen molar-refractivity contribution in [1.29, 1.82) is 0 Å². The number of halogens is 3. The van der Waals surface area contributed by atoms with E-state index in [4.69, 9.17) is 0 Å². The predicted molar refractivity (Wildman–Crippen MR) is 73.0 cm³/mol. The van der Waals surface area contributed by atoms with Gasteiger partial charge in [0.2, 0.25) is 0 Å². The van der Waals surface area contributed by atoms with Crippen molar-refractivity contribution in [2.45, 2.75) is 44.8 Å². The first-order chi connectivity index (χ1) is 9.44. The molecule has 1 aliphatic rings. The van der Waals surface area contributed by atoms with Crippen LogP contribution in [0.15, 0.2) is 24.3 Å². The standard InChI is InChI=1S/C15H20F3NO/c1-11(12-4-2-3-5-12)19-13-6-8-14(9-7-13)20-10-15(16,17)18/h6-9,11-12,19H,2-5,10H2,1H3. The summed E-state index contributed by atoms with van der Waals surface area (Å²) in [6, 6.07) is 7.04. The van der Waals surface area contributed by atoms with E-state index < -0.39 is 12.8 Å². The molecule has 1 fully saturated rings. The molecule has 1 aromatic rings. The van der Waals surface area contributed by atoms with Crippen molar-refractivity contribution in [3.8, 4) is 5.75 Å². The first-order valence-corrected chi connectivity index (χ1v) is 7.00. The molecule has 0 bridgehead atoms. The van der Waals surface area contributed by atoms with Crippen molar-refractivity contribution < 1.29 is 17.9 Å². The molecule has 1 atom stereocenters. The molecule has 5 heteroatoms. The summed E-state index contributed by atoms with van der Waals surface area (Å²) in [5, 5.41) is 3.41. The maximum Gasteiger partial charge on any atom is 0.422 e. The van der Waals surface area contributed by atoms with Gasteiger partial charge in [-0.15, -0.1) is 0 Å². The fraction of sp³-hybridized carbons (Fsp3) is 0.600. The minimum Gasteiger partial charge on any atom is -0.484 e. The molecular formula is C15H20F3NO. The molecule has 1 N–H and O–H groups in total. The fourth-order valence-electron chi connectivity index (χ4n) is 2.65. The summed E-state index contributed by atoms with van der Waals surface area (Å²) in [6.45, 7) is 0.905. The first-order valence-electron chi connectivity index (χ1n) is 7.00. The third-order valence-electron chi connectivity index (χ3n) is 3.76. The van der Waals surface area contributed by atoms with Crippen molar-refractivity contribution in [1.82, 2.24) is 0 Å². The Morgan fingerprint density at radius 2 is 1.80 bits per heavy atom. The smallest absolute Gasteiger partial charge is 0.422 e. The SMILES string of the molecule is CC(Nc1ccc(OCC(F)(F)F)cc1)C1CCCC1. The summed E-state index contributed by atoms with van der Waals surface area (Å²) in [4.78, 5) is 0. The van der Waals surface area contributed by atoms with E-state index in [0.29, 0.717) is 12.0 Å². The summed E-state index contributed by atoms with van der Waals surface area (Å²) >= 11 is 0. The number of hydrogen-bond donors (Lipinski definition) is 1. The number of anilines is 1. The van der Waals surface area contributed by atoms with Crippen LogP contribution in [-0.4, -0.2) is 18.8 Å². The quantitative estimate of drug-likeness (QED) is 0.853. The van der Waals surface area contributed by atoms with Gasteiger partial charge in [-0.1, -0.05) is 12.8 Å². The highest BCUT2D eigenvalue weighted by molar-refractivity contribution is 5.47. The lowest BCUT2D eigenvalue weighted by Gasteiger charge is -2.21. The number of benzene rings is 1. The normalized spacial score (nSPS) is 18.0. The molecule has 2 nitrogen and oxygen atoms in total. The van der Waals surface area contributed by atoms with Gasteiger partial charge in [0.25, 0.3) is 0 Å². The predicted octanol–water partition coefficient (Wildman–Crippen LogP) is 4.62. The maximum atomic E-state index is 12.0. The van der Waals surface area contributed by atoms with Gasteiger partial charge in [-0.25, -0.2) is 0 Å². The van der Waals surface area contributed by atoms with Gasteiger partial charge in [-0.3, -0.25) is 0 Å². The summed E-state index contributed by atoms with van der Waals surface area (Å²) in [6.07, 6.45) is 0.789. The summed E-state index contributed by atoms with van der Waals surface area (Å²) in [7, 11) is 0. The fourth-order valence-corrected chi connectivity index (χ4v) is 2.65. The Labute approximate surface area is 117 Å². The highest BCUT2D eigenvalue weighted by Gasteiger charge is 2.28. The van der Waals surface area contributed by atoms with E-state index in [1.165, 1.54) is 25.7 Å². The highest BCUT2D eigenvalue weighted by atomic mass is 19.4. The summed E-state index contributed by atoms with van der Waals surface area (Å²) in [5.41, 5.74) is 0.920. The number of alkyl halides is 3. The Hall–Kier alpha value is -1.39. The average molecular weight is 287 g/mol. The Morgan fingerprint density at radius 3 is 2.35 bits per heavy atom. The molecule has 0 heterocycles. The number of hydrogen-bond acceptors (Lipinski definition) is 2. The topological polar surface area (TPSA) is 21.3 Å². The van der Waals surface area contributed by atoms with Crippen LogP contribution < -0.4 is 10.1 Å². The number of ether oxygens (including phenoxy) is 1. The zero-order chi connectivity index (χ0) is 14.6. The molecular weight excluding hydrogens is 267 g/mol. The van der Waals surface area contributed by atoms with Crippen LogP contribution in [0.1, 0.15) is 32.6 Å². The lowest BCUT2D eigenvalue weighted by molar-refractivity contribution is -0.153. The zero-order valence-electron chi connectivity index (χ0n) is 11.5. The van der Waals surface area contributed by atoms with E-state index in [2.05, 4.69) is 17.0 Å². The van der Waals surface area contributed by atoms with Crippen LogP contribution in [0.3, 0.4) is 0 Å². The van der Waals surface area contributed by atoms with Crippen molar-refractivity contribution in [2.75, 3.05) is 11.9 Å². The molecule has 1 aromatic carbocycles. The van der Waals surface area contributed by atoms with Crippen molar-refractivity contribution in [3.63, 3.8) is 0 Å². The largest absolute Gasteiger partial charge is 0.484 e. The van der Waals surface area contributed by atoms with Crippen LogP contribution in [-0.2, 0) is 0 Å². The molecule has 112 valence electrons. The number of rotatable bonds is 5. The second-order valence-electron chi connectivity index (χ2n) is 5.41. The second-order valence-corrected chi connectivity index (χ2v) is 5.41. The molecule has 2 rings (SSSR count). The summed E-state index contributed by atoms with van der Waals surface area (Å²) < 4.78 is 40.8. The molecule has 0 aromatic heterocycles. The average Bonchev–Trinajstić information content (AvgIpc) is 2.91. The van der Waals surface area contributed by atoms with E-state index >= 15 is 0 Å². The van der Waals surface area contributed by atoms with Crippen molar-refractivity contribution >= 4 is 5.69 Å². The third kappa shape index (κ3) is 4.62. The Bertz CT molecular complexity index is 410. The minimum atomic E-state index is -4.30. The molecule has 1 unspecified atom stereocenters. The van der Waals surface area contributed by atoms with Gasteiger partial charge in [0.05, 0.1) is 0 Å². The Kier molecular flexibility index (Phi) is 4.78. The molecule has 1 saturated carbocycles. The minimum absolute atomic E-state index is 0.237. The molecule has 20 heavy (non-hydrogen) atoms. The number of nitrogens with one attached hydrogen (secondary N) is 1. The zero-order valence-corrected chi connectivity index (χ0v) is 11.5. The molecule has 0 saturated heterocycles. The van der Waals surface area contributed by atoms with E-state index in [1.54, 1.807) is 24.3 Å². The highest BCUT2D eigenvalue weighted by Crippen LogP contribution is 2.29. The molecule has 0 spiro atoms. The van der Waals surface area contributed by atoms with E-state index in [1.807, 2.05) is 0 Å². The van der Waals surface area contributed by atoms with Crippen LogP contribution >= 0.6 is 0 Å². The Balaban J connectivity index is 1.84. The third-order valence-corrected chi connectivity index (χ3v) is 3.76. The molecule has 1 aliphatic carbocycles. The van der Waals surface area contributed by atoms with Crippen LogP contribution in [0, 0.1) is 5.92 Å². The van der Waals surface area contributed by atoms with Gasteiger partial charge < -0.3 is 10.1 Å². The molecule has 0 aliphatic heterocycles. The van der Waals surface area contributed by atoms with Crippen molar-refractivity contribution in [2.24, 2.45) is 5.92 Å². The van der Waals surface area contributed by atoms with Crippen LogP contribution in [0.2, 0.25) is 0 Å². The van der Waals surface area contributed by atoms with E-state index in [0.717, 1.165) is 5.69 Å². The van der Waals surface area contributed by atoms with Gasteiger partial charge in [0.1, 0.15) is 5.75 Å².